The second-order valence-corrected chi connectivity index (χ2v) is 4.45. The van der Waals surface area contributed by atoms with Gasteiger partial charge in [0.15, 0.2) is 0 Å². The van der Waals surface area contributed by atoms with Crippen LogP contribution in [0, 0.1) is 0 Å². The van der Waals surface area contributed by atoms with Crippen molar-refractivity contribution in [3.8, 4) is 0 Å². The minimum absolute atomic E-state index is 0.516. The van der Waals surface area contributed by atoms with E-state index in [0.717, 1.165) is 12.2 Å². The number of rotatable bonds is 6. The average Bonchev–Trinajstić information content (AvgIpc) is 2.73. The predicted molar refractivity (Wildman–Crippen MR) is 71.8 cm³/mol. The summed E-state index contributed by atoms with van der Waals surface area (Å²) in [4.78, 5) is 0. The number of aryl methyl sites for hydroxylation is 1. The van der Waals surface area contributed by atoms with Crippen molar-refractivity contribution >= 4 is 10.9 Å². The monoisotopic (exact) mass is 231 g/mol. The number of nitrogens with two attached hydrogens (primary N) is 1. The number of hydrogen-bond donors (Lipinski definition) is 1. The molecule has 0 saturated carbocycles. The highest BCUT2D eigenvalue weighted by Gasteiger charge is 2.07. The highest BCUT2D eigenvalue weighted by molar-refractivity contribution is 5.81. The van der Waals surface area contributed by atoms with Crippen molar-refractivity contribution in [2.45, 2.75) is 45.7 Å². The second kappa shape index (κ2) is 5.82. The number of nitrogens with zero attached hydrogens (tertiary/aromatic N) is 2. The van der Waals surface area contributed by atoms with Crippen molar-refractivity contribution in [1.29, 1.82) is 0 Å². The molecule has 0 spiro atoms. The van der Waals surface area contributed by atoms with Gasteiger partial charge in [-0.2, -0.15) is 5.10 Å². The SMILES string of the molecule is CCCCCCn1nc(CN)c2ccccc21. The number of benzene rings is 1. The van der Waals surface area contributed by atoms with Gasteiger partial charge in [-0.25, -0.2) is 0 Å². The van der Waals surface area contributed by atoms with E-state index in [1.54, 1.807) is 0 Å². The third kappa shape index (κ3) is 2.67. The molecule has 2 rings (SSSR count). The first-order chi connectivity index (χ1) is 8.36. The lowest BCUT2D eigenvalue weighted by molar-refractivity contribution is 0.549. The van der Waals surface area contributed by atoms with E-state index in [0.29, 0.717) is 6.54 Å². The Labute approximate surface area is 103 Å². The van der Waals surface area contributed by atoms with Crippen LogP contribution in [0.5, 0.6) is 0 Å². The molecule has 1 heterocycles. The van der Waals surface area contributed by atoms with Gasteiger partial charge in [-0.15, -0.1) is 0 Å². The lowest BCUT2D eigenvalue weighted by Gasteiger charge is -2.02. The molecule has 0 aliphatic heterocycles. The van der Waals surface area contributed by atoms with Crippen LogP contribution in [0.1, 0.15) is 38.3 Å². The quantitative estimate of drug-likeness (QED) is 0.776. The van der Waals surface area contributed by atoms with Gasteiger partial charge < -0.3 is 5.73 Å². The van der Waals surface area contributed by atoms with Gasteiger partial charge in [-0.3, -0.25) is 4.68 Å². The number of aromatic nitrogens is 2. The van der Waals surface area contributed by atoms with Crippen LogP contribution in [-0.2, 0) is 13.1 Å². The summed E-state index contributed by atoms with van der Waals surface area (Å²) in [6.45, 7) is 3.75. The van der Waals surface area contributed by atoms with E-state index in [1.807, 2.05) is 6.07 Å². The Morgan fingerprint density at radius 3 is 2.76 bits per heavy atom. The fraction of sp³-hybridized carbons (Fsp3) is 0.500. The minimum Gasteiger partial charge on any atom is -0.325 e. The molecule has 1 aromatic heterocycles. The fourth-order valence-corrected chi connectivity index (χ4v) is 2.21. The summed E-state index contributed by atoms with van der Waals surface area (Å²) in [6.07, 6.45) is 5.06. The van der Waals surface area contributed by atoms with Gasteiger partial charge in [0, 0.05) is 18.5 Å². The Balaban J connectivity index is 2.16. The van der Waals surface area contributed by atoms with E-state index in [1.165, 1.54) is 36.6 Å². The zero-order valence-electron chi connectivity index (χ0n) is 10.5. The maximum Gasteiger partial charge on any atom is 0.0838 e. The first kappa shape index (κ1) is 12.1. The summed E-state index contributed by atoms with van der Waals surface area (Å²) in [5.74, 6) is 0. The van der Waals surface area contributed by atoms with E-state index in [2.05, 4.69) is 34.9 Å². The third-order valence-corrected chi connectivity index (χ3v) is 3.15. The van der Waals surface area contributed by atoms with Gasteiger partial charge in [-0.05, 0) is 12.5 Å². The summed E-state index contributed by atoms with van der Waals surface area (Å²) in [6, 6.07) is 8.34. The largest absolute Gasteiger partial charge is 0.325 e. The molecule has 1 aromatic carbocycles. The zero-order valence-corrected chi connectivity index (χ0v) is 10.5. The van der Waals surface area contributed by atoms with Crippen molar-refractivity contribution in [3.05, 3.63) is 30.0 Å². The zero-order chi connectivity index (χ0) is 12.1. The minimum atomic E-state index is 0.516. The van der Waals surface area contributed by atoms with Crippen LogP contribution in [0.2, 0.25) is 0 Å². The van der Waals surface area contributed by atoms with Gasteiger partial charge >= 0.3 is 0 Å². The van der Waals surface area contributed by atoms with Crippen molar-refractivity contribution < 1.29 is 0 Å². The van der Waals surface area contributed by atoms with E-state index >= 15 is 0 Å². The normalized spacial score (nSPS) is 11.2. The molecule has 0 unspecified atom stereocenters. The van der Waals surface area contributed by atoms with Crippen LogP contribution in [0.4, 0.5) is 0 Å². The molecular weight excluding hydrogens is 210 g/mol. The topological polar surface area (TPSA) is 43.8 Å². The molecule has 17 heavy (non-hydrogen) atoms. The number of hydrogen-bond acceptors (Lipinski definition) is 2. The first-order valence-electron chi connectivity index (χ1n) is 6.51. The van der Waals surface area contributed by atoms with E-state index < -0.39 is 0 Å². The summed E-state index contributed by atoms with van der Waals surface area (Å²) >= 11 is 0. The van der Waals surface area contributed by atoms with Crippen LogP contribution in [0.3, 0.4) is 0 Å². The summed E-state index contributed by atoms with van der Waals surface area (Å²) in [7, 11) is 0. The maximum absolute atomic E-state index is 5.73. The van der Waals surface area contributed by atoms with Crippen molar-refractivity contribution in [2.75, 3.05) is 0 Å². The number of fused-ring (bicyclic) bond motifs is 1. The predicted octanol–water partition coefficient (Wildman–Crippen LogP) is 3.08. The van der Waals surface area contributed by atoms with Gasteiger partial charge in [-0.1, -0.05) is 44.4 Å². The van der Waals surface area contributed by atoms with Crippen LogP contribution in [0.15, 0.2) is 24.3 Å². The highest BCUT2D eigenvalue weighted by Crippen LogP contribution is 2.18. The van der Waals surface area contributed by atoms with E-state index in [9.17, 15) is 0 Å². The molecule has 3 nitrogen and oxygen atoms in total. The number of unbranched alkanes of at least 4 members (excludes halogenated alkanes) is 3. The fourth-order valence-electron chi connectivity index (χ4n) is 2.21. The van der Waals surface area contributed by atoms with Crippen molar-refractivity contribution in [3.63, 3.8) is 0 Å². The molecular formula is C14H21N3. The third-order valence-electron chi connectivity index (χ3n) is 3.15. The molecule has 0 fully saturated rings. The lowest BCUT2D eigenvalue weighted by Crippen LogP contribution is -2.03. The summed E-state index contributed by atoms with van der Waals surface area (Å²) < 4.78 is 2.10. The average molecular weight is 231 g/mol. The van der Waals surface area contributed by atoms with Crippen LogP contribution in [0.25, 0.3) is 10.9 Å². The Morgan fingerprint density at radius 1 is 1.18 bits per heavy atom. The molecule has 0 atom stereocenters. The molecule has 92 valence electrons. The van der Waals surface area contributed by atoms with Gasteiger partial charge in [0.1, 0.15) is 0 Å². The molecule has 0 amide bonds. The lowest BCUT2D eigenvalue weighted by atomic mass is 10.2. The van der Waals surface area contributed by atoms with Crippen molar-refractivity contribution in [2.24, 2.45) is 5.73 Å². The maximum atomic E-state index is 5.73. The standard InChI is InChI=1S/C14H21N3/c1-2-3-4-7-10-17-14-9-6-5-8-12(14)13(11-15)16-17/h5-6,8-9H,2-4,7,10-11,15H2,1H3. The van der Waals surface area contributed by atoms with Crippen LogP contribution >= 0.6 is 0 Å². The Kier molecular flexibility index (Phi) is 4.15. The van der Waals surface area contributed by atoms with Crippen LogP contribution in [-0.4, -0.2) is 9.78 Å². The van der Waals surface area contributed by atoms with Crippen LogP contribution < -0.4 is 5.73 Å². The molecule has 3 heteroatoms. The van der Waals surface area contributed by atoms with Gasteiger partial charge in [0.05, 0.1) is 11.2 Å². The van der Waals surface area contributed by atoms with E-state index in [-0.39, 0.29) is 0 Å². The molecule has 0 radical (unpaired) electrons. The first-order valence-corrected chi connectivity index (χ1v) is 6.51. The molecule has 2 N–H and O–H groups in total. The Hall–Kier alpha value is -1.35. The Morgan fingerprint density at radius 2 is 2.00 bits per heavy atom. The van der Waals surface area contributed by atoms with Gasteiger partial charge in [0.2, 0.25) is 0 Å². The second-order valence-electron chi connectivity index (χ2n) is 4.45. The smallest absolute Gasteiger partial charge is 0.0838 e. The van der Waals surface area contributed by atoms with E-state index in [4.69, 9.17) is 5.73 Å². The molecule has 0 saturated heterocycles. The van der Waals surface area contributed by atoms with Gasteiger partial charge in [0.25, 0.3) is 0 Å². The number of para-hydroxylation sites is 1. The summed E-state index contributed by atoms with van der Waals surface area (Å²) in [5.41, 5.74) is 7.95. The highest BCUT2D eigenvalue weighted by atomic mass is 15.3. The van der Waals surface area contributed by atoms with Crippen molar-refractivity contribution in [1.82, 2.24) is 9.78 Å². The molecule has 0 aliphatic rings. The molecule has 0 bridgehead atoms. The molecule has 2 aromatic rings. The summed E-state index contributed by atoms with van der Waals surface area (Å²) in [5, 5.41) is 5.80. The molecule has 0 aliphatic carbocycles. The Bertz CT molecular complexity index is 473.